The van der Waals surface area contributed by atoms with Gasteiger partial charge in [0.15, 0.2) is 0 Å². The van der Waals surface area contributed by atoms with Crippen LogP contribution in [0.2, 0.25) is 5.15 Å². The molecule has 0 bridgehead atoms. The standard InChI is InChI=1S/C16H12ClN3O2/c1-22-16(21)12-4-9(7-18)8-19-15(12)11-5-13(10-2-3-10)20-14(17)6-11/h4-6,8,10H,2-3H2,1H3. The van der Waals surface area contributed by atoms with Crippen molar-refractivity contribution in [3.8, 4) is 17.3 Å². The Labute approximate surface area is 132 Å². The molecule has 0 amide bonds. The minimum Gasteiger partial charge on any atom is -0.465 e. The Morgan fingerprint density at radius 3 is 2.82 bits per heavy atom. The zero-order valence-electron chi connectivity index (χ0n) is 11.8. The van der Waals surface area contributed by atoms with E-state index in [4.69, 9.17) is 21.6 Å². The van der Waals surface area contributed by atoms with Gasteiger partial charge in [0, 0.05) is 23.4 Å². The first-order valence-corrected chi connectivity index (χ1v) is 7.16. The Balaban J connectivity index is 2.15. The van der Waals surface area contributed by atoms with E-state index in [0.29, 0.717) is 27.9 Å². The lowest BCUT2D eigenvalue weighted by molar-refractivity contribution is 0.0601. The van der Waals surface area contributed by atoms with E-state index >= 15 is 0 Å². The number of carbonyl (C=O) groups is 1. The van der Waals surface area contributed by atoms with Crippen molar-refractivity contribution in [3.63, 3.8) is 0 Å². The summed E-state index contributed by atoms with van der Waals surface area (Å²) in [7, 11) is 1.29. The molecule has 0 aromatic carbocycles. The average molecular weight is 314 g/mol. The van der Waals surface area contributed by atoms with Gasteiger partial charge in [0.25, 0.3) is 0 Å². The fourth-order valence-corrected chi connectivity index (χ4v) is 2.48. The lowest BCUT2D eigenvalue weighted by Gasteiger charge is -2.09. The predicted octanol–water partition coefficient (Wildman–Crippen LogP) is 3.33. The smallest absolute Gasteiger partial charge is 0.340 e. The molecular weight excluding hydrogens is 302 g/mol. The van der Waals surface area contributed by atoms with Crippen LogP contribution in [-0.4, -0.2) is 23.0 Å². The Kier molecular flexibility index (Phi) is 3.78. The first-order valence-electron chi connectivity index (χ1n) is 6.78. The van der Waals surface area contributed by atoms with Crippen LogP contribution in [0.5, 0.6) is 0 Å². The van der Waals surface area contributed by atoms with Gasteiger partial charge in [-0.3, -0.25) is 4.98 Å². The van der Waals surface area contributed by atoms with E-state index in [9.17, 15) is 4.79 Å². The highest BCUT2D eigenvalue weighted by molar-refractivity contribution is 6.29. The molecule has 1 aliphatic carbocycles. The number of hydrogen-bond donors (Lipinski definition) is 0. The normalized spacial score (nSPS) is 13.5. The van der Waals surface area contributed by atoms with E-state index in [1.807, 2.05) is 12.1 Å². The van der Waals surface area contributed by atoms with Gasteiger partial charge in [-0.25, -0.2) is 9.78 Å². The molecule has 1 saturated carbocycles. The fourth-order valence-electron chi connectivity index (χ4n) is 2.26. The van der Waals surface area contributed by atoms with Gasteiger partial charge in [0.1, 0.15) is 11.2 Å². The van der Waals surface area contributed by atoms with E-state index in [2.05, 4.69) is 9.97 Å². The summed E-state index contributed by atoms with van der Waals surface area (Å²) in [4.78, 5) is 20.5. The highest BCUT2D eigenvalue weighted by atomic mass is 35.5. The van der Waals surface area contributed by atoms with Crippen LogP contribution < -0.4 is 0 Å². The van der Waals surface area contributed by atoms with Gasteiger partial charge in [-0.15, -0.1) is 0 Å². The minimum atomic E-state index is -0.541. The minimum absolute atomic E-state index is 0.241. The summed E-state index contributed by atoms with van der Waals surface area (Å²) in [5.74, 6) is -0.113. The van der Waals surface area contributed by atoms with Gasteiger partial charge in [0.2, 0.25) is 0 Å². The van der Waals surface area contributed by atoms with Crippen molar-refractivity contribution in [1.82, 2.24) is 9.97 Å². The van der Waals surface area contributed by atoms with Gasteiger partial charge in [0.05, 0.1) is 23.9 Å². The Hall–Kier alpha value is -2.45. The number of nitriles is 1. The molecule has 0 spiro atoms. The number of halogens is 1. The molecule has 22 heavy (non-hydrogen) atoms. The second kappa shape index (κ2) is 5.74. The van der Waals surface area contributed by atoms with Gasteiger partial charge in [-0.05, 0) is 31.0 Å². The number of pyridine rings is 2. The van der Waals surface area contributed by atoms with Crippen LogP contribution in [0.4, 0.5) is 0 Å². The molecule has 0 saturated heterocycles. The SMILES string of the molecule is COC(=O)c1cc(C#N)cnc1-c1cc(Cl)nc(C2CC2)c1. The van der Waals surface area contributed by atoms with E-state index in [1.165, 1.54) is 19.4 Å². The van der Waals surface area contributed by atoms with Crippen molar-refractivity contribution in [2.75, 3.05) is 7.11 Å². The highest BCUT2D eigenvalue weighted by Crippen LogP contribution is 2.41. The monoisotopic (exact) mass is 313 g/mol. The van der Waals surface area contributed by atoms with Gasteiger partial charge < -0.3 is 4.74 Å². The Bertz CT molecular complexity index is 794. The summed E-state index contributed by atoms with van der Waals surface area (Å²) in [5, 5.41) is 9.34. The lowest BCUT2D eigenvalue weighted by atomic mass is 10.0. The zero-order chi connectivity index (χ0) is 15.7. The maximum absolute atomic E-state index is 12.0. The maximum Gasteiger partial charge on any atom is 0.340 e. The number of methoxy groups -OCH3 is 1. The lowest BCUT2D eigenvalue weighted by Crippen LogP contribution is -2.06. The molecule has 110 valence electrons. The Morgan fingerprint density at radius 2 is 2.18 bits per heavy atom. The third kappa shape index (κ3) is 2.78. The van der Waals surface area contributed by atoms with E-state index in [-0.39, 0.29) is 5.56 Å². The van der Waals surface area contributed by atoms with Crippen LogP contribution in [0.1, 0.15) is 40.4 Å². The summed E-state index contributed by atoms with van der Waals surface area (Å²) in [6, 6.07) is 6.99. The summed E-state index contributed by atoms with van der Waals surface area (Å²) < 4.78 is 4.78. The molecular formula is C16H12ClN3O2. The third-order valence-electron chi connectivity index (χ3n) is 3.51. The van der Waals surface area contributed by atoms with Crippen LogP contribution in [0.25, 0.3) is 11.3 Å². The maximum atomic E-state index is 12.0. The van der Waals surface area contributed by atoms with E-state index in [0.717, 1.165) is 18.5 Å². The number of aromatic nitrogens is 2. The van der Waals surface area contributed by atoms with Crippen LogP contribution in [0, 0.1) is 11.3 Å². The van der Waals surface area contributed by atoms with Crippen LogP contribution in [-0.2, 0) is 4.74 Å². The molecule has 0 atom stereocenters. The van der Waals surface area contributed by atoms with Crippen molar-refractivity contribution in [3.05, 3.63) is 46.4 Å². The molecule has 0 aliphatic heterocycles. The molecule has 1 aliphatic rings. The number of nitrogens with zero attached hydrogens (tertiary/aromatic N) is 3. The number of esters is 1. The van der Waals surface area contributed by atoms with Gasteiger partial charge in [-0.1, -0.05) is 11.6 Å². The Morgan fingerprint density at radius 1 is 1.41 bits per heavy atom. The van der Waals surface area contributed by atoms with Gasteiger partial charge in [-0.2, -0.15) is 5.26 Å². The molecule has 2 aromatic heterocycles. The van der Waals surface area contributed by atoms with Crippen LogP contribution in [0.3, 0.4) is 0 Å². The van der Waals surface area contributed by atoms with Crippen LogP contribution in [0.15, 0.2) is 24.4 Å². The predicted molar refractivity (Wildman–Crippen MR) is 80.5 cm³/mol. The zero-order valence-corrected chi connectivity index (χ0v) is 12.6. The topological polar surface area (TPSA) is 75.9 Å². The largest absolute Gasteiger partial charge is 0.465 e. The second-order valence-corrected chi connectivity index (χ2v) is 5.49. The third-order valence-corrected chi connectivity index (χ3v) is 3.70. The van der Waals surface area contributed by atoms with Crippen LogP contribution >= 0.6 is 11.6 Å². The molecule has 6 heteroatoms. The summed E-state index contributed by atoms with van der Waals surface area (Å²) in [6.07, 6.45) is 3.61. The molecule has 5 nitrogen and oxygen atoms in total. The first kappa shape index (κ1) is 14.5. The molecule has 2 heterocycles. The quantitative estimate of drug-likeness (QED) is 0.641. The number of ether oxygens (including phenoxy) is 1. The highest BCUT2D eigenvalue weighted by Gasteiger charge is 2.26. The summed E-state index contributed by atoms with van der Waals surface area (Å²) in [6.45, 7) is 0. The molecule has 2 aromatic rings. The van der Waals surface area contributed by atoms with E-state index in [1.54, 1.807) is 6.07 Å². The van der Waals surface area contributed by atoms with Crippen molar-refractivity contribution >= 4 is 17.6 Å². The second-order valence-electron chi connectivity index (χ2n) is 5.10. The molecule has 0 radical (unpaired) electrons. The fraction of sp³-hybridized carbons (Fsp3) is 0.250. The van der Waals surface area contributed by atoms with E-state index < -0.39 is 5.97 Å². The molecule has 1 fully saturated rings. The first-order chi connectivity index (χ1) is 10.6. The van der Waals surface area contributed by atoms with Crippen molar-refractivity contribution in [2.24, 2.45) is 0 Å². The van der Waals surface area contributed by atoms with Gasteiger partial charge >= 0.3 is 5.97 Å². The molecule has 0 N–H and O–H groups in total. The summed E-state index contributed by atoms with van der Waals surface area (Å²) in [5.41, 5.74) is 2.59. The number of hydrogen-bond acceptors (Lipinski definition) is 5. The average Bonchev–Trinajstić information content (AvgIpc) is 3.37. The summed E-state index contributed by atoms with van der Waals surface area (Å²) >= 11 is 6.09. The molecule has 0 unspecified atom stereocenters. The van der Waals surface area contributed by atoms with Crippen molar-refractivity contribution in [2.45, 2.75) is 18.8 Å². The van der Waals surface area contributed by atoms with Crippen molar-refractivity contribution in [1.29, 1.82) is 5.26 Å². The number of rotatable bonds is 3. The van der Waals surface area contributed by atoms with Crippen molar-refractivity contribution < 1.29 is 9.53 Å². The number of carbonyl (C=O) groups excluding carboxylic acids is 1. The molecule has 3 rings (SSSR count).